The molecule has 0 saturated carbocycles. The van der Waals surface area contributed by atoms with Gasteiger partial charge in [-0.1, -0.05) is 11.6 Å². The molecule has 0 aliphatic carbocycles. The molecule has 15 nitrogen and oxygen atoms in total. The Morgan fingerprint density at radius 3 is 2.33 bits per heavy atom. The third-order valence-electron chi connectivity index (χ3n) is 12.1. The van der Waals surface area contributed by atoms with Gasteiger partial charge in [0.2, 0.25) is 5.91 Å². The molecule has 9 rings (SSSR count). The van der Waals surface area contributed by atoms with E-state index in [1.54, 1.807) is 28.6 Å². The molecular weight excluding hydrogens is 801 g/mol. The van der Waals surface area contributed by atoms with Crippen molar-refractivity contribution in [1.29, 1.82) is 0 Å². The Bertz CT molecular complexity index is 2580. The number of piperazine rings is 1. The van der Waals surface area contributed by atoms with Gasteiger partial charge in [0.1, 0.15) is 28.7 Å². The van der Waals surface area contributed by atoms with Crippen molar-refractivity contribution in [2.24, 2.45) is 11.7 Å². The lowest BCUT2D eigenvalue weighted by atomic mass is 9.98. The van der Waals surface area contributed by atoms with Gasteiger partial charge in [-0.25, -0.2) is 18.9 Å². The fraction of sp³-hybridized carbons (Fsp3) is 0.318. The third-order valence-corrected chi connectivity index (χ3v) is 12.5. The Morgan fingerprint density at radius 1 is 0.869 bits per heavy atom. The molecule has 61 heavy (non-hydrogen) atoms. The molecule has 5 N–H and O–H groups in total. The predicted octanol–water partition coefficient (Wildman–Crippen LogP) is 5.71. The van der Waals surface area contributed by atoms with Gasteiger partial charge in [0.05, 0.1) is 10.7 Å². The van der Waals surface area contributed by atoms with Crippen LogP contribution < -0.4 is 36.4 Å². The number of aryl methyl sites for hydroxylation is 3. The average Bonchev–Trinajstić information content (AvgIpc) is 3.49. The Balaban J connectivity index is 0.813. The van der Waals surface area contributed by atoms with E-state index in [0.717, 1.165) is 74.1 Å². The van der Waals surface area contributed by atoms with Crippen LogP contribution in [0.15, 0.2) is 66.7 Å². The van der Waals surface area contributed by atoms with Gasteiger partial charge < -0.3 is 26.2 Å². The van der Waals surface area contributed by atoms with E-state index >= 15 is 4.39 Å². The number of nitrogens with zero attached hydrogens (tertiary/aromatic N) is 7. The van der Waals surface area contributed by atoms with Crippen LogP contribution in [0.2, 0.25) is 5.02 Å². The largest absolute Gasteiger partial charge is 0.371 e. The maximum atomic E-state index is 16.1. The highest BCUT2D eigenvalue weighted by atomic mass is 35.5. The Morgan fingerprint density at radius 2 is 1.61 bits per heavy atom. The van der Waals surface area contributed by atoms with Crippen molar-refractivity contribution >= 4 is 69.7 Å². The molecule has 6 heterocycles. The number of carbonyl (C=O) groups excluding carboxylic acids is 4. The summed E-state index contributed by atoms with van der Waals surface area (Å²) in [7, 11) is 0. The van der Waals surface area contributed by atoms with Crippen LogP contribution >= 0.6 is 11.6 Å². The van der Waals surface area contributed by atoms with E-state index in [-0.39, 0.29) is 45.7 Å². The zero-order chi connectivity index (χ0) is 42.5. The molecule has 0 bridgehead atoms. The van der Waals surface area contributed by atoms with Gasteiger partial charge in [0, 0.05) is 105 Å². The van der Waals surface area contributed by atoms with E-state index < -0.39 is 17.6 Å². The number of fused-ring (bicyclic) bond motifs is 2. The molecule has 5 aromatic rings. The van der Waals surface area contributed by atoms with E-state index in [9.17, 15) is 19.2 Å². The number of imide groups is 1. The van der Waals surface area contributed by atoms with Crippen molar-refractivity contribution in [3.8, 4) is 11.3 Å². The number of hydrogen-bond donors (Lipinski definition) is 4. The van der Waals surface area contributed by atoms with Crippen LogP contribution in [0, 0.1) is 25.6 Å². The first-order chi connectivity index (χ1) is 29.4. The van der Waals surface area contributed by atoms with Crippen molar-refractivity contribution in [2.75, 3.05) is 77.7 Å². The van der Waals surface area contributed by atoms with Crippen molar-refractivity contribution in [1.82, 2.24) is 25.0 Å². The van der Waals surface area contributed by atoms with Crippen LogP contribution in [0.5, 0.6) is 0 Å². The van der Waals surface area contributed by atoms with Crippen LogP contribution in [0.25, 0.3) is 11.3 Å². The number of aromatic nitrogens is 3. The van der Waals surface area contributed by atoms with Crippen LogP contribution in [0.4, 0.5) is 43.6 Å². The smallest absolute Gasteiger partial charge is 0.328 e. The highest BCUT2D eigenvalue weighted by Crippen LogP contribution is 2.38. The predicted molar refractivity (Wildman–Crippen MR) is 233 cm³/mol. The summed E-state index contributed by atoms with van der Waals surface area (Å²) in [6.07, 6.45) is 0.923. The number of urea groups is 1. The van der Waals surface area contributed by atoms with E-state index in [1.807, 2.05) is 30.3 Å². The first kappa shape index (κ1) is 39.9. The standard InChI is InChI=1S/C44H45ClFN11O4/c1-25-32(43(60)50-36-12-10-34(45)26(2)48-36)8-9-33(39(25)46)40-38(41(47)59)42-49-35-11-7-31(21-28(35)13-16-57(42)52-40)54-19-17-53(18-20-54)22-27-23-55(24-27)29-3-5-30(6-4-29)56-15-14-37(58)51-44(56)61/h3-12,21,27,49H,13-20,22-24H2,1-2H3,(H2,47,59)(H,48,50,60)(H,51,58,61). The normalized spacial score (nSPS) is 16.9. The van der Waals surface area contributed by atoms with Gasteiger partial charge in [-0.2, -0.15) is 5.10 Å². The number of nitrogens with one attached hydrogen (secondary N) is 3. The number of nitrogens with two attached hydrogens (primary N) is 1. The minimum absolute atomic E-state index is 0.0619. The second-order valence-corrected chi connectivity index (χ2v) is 16.4. The summed E-state index contributed by atoms with van der Waals surface area (Å²) in [6, 6.07) is 20.0. The van der Waals surface area contributed by atoms with Crippen molar-refractivity contribution in [3.05, 3.63) is 106 Å². The number of halogens is 2. The lowest BCUT2D eigenvalue weighted by molar-refractivity contribution is -0.120. The van der Waals surface area contributed by atoms with Gasteiger partial charge in [-0.3, -0.25) is 29.5 Å². The quantitative estimate of drug-likeness (QED) is 0.144. The number of anilines is 6. The minimum atomic E-state index is -0.751. The monoisotopic (exact) mass is 845 g/mol. The lowest BCUT2D eigenvalue weighted by Gasteiger charge is -2.45. The summed E-state index contributed by atoms with van der Waals surface area (Å²) >= 11 is 6.07. The molecule has 4 aliphatic heterocycles. The highest BCUT2D eigenvalue weighted by Gasteiger charge is 2.32. The summed E-state index contributed by atoms with van der Waals surface area (Å²) in [5, 5.41) is 13.6. The molecular formula is C44H45ClFN11O4. The summed E-state index contributed by atoms with van der Waals surface area (Å²) in [4.78, 5) is 63.0. The Labute approximate surface area is 356 Å². The molecule has 17 heteroatoms. The highest BCUT2D eigenvalue weighted by molar-refractivity contribution is 6.31. The van der Waals surface area contributed by atoms with Gasteiger partial charge in [-0.15, -0.1) is 0 Å². The summed E-state index contributed by atoms with van der Waals surface area (Å²) < 4.78 is 17.8. The number of amides is 5. The Hall–Kier alpha value is -6.52. The van der Waals surface area contributed by atoms with Crippen LogP contribution in [0.1, 0.15) is 44.0 Å². The molecule has 0 atom stereocenters. The molecule has 3 fully saturated rings. The second kappa shape index (κ2) is 16.2. The second-order valence-electron chi connectivity index (χ2n) is 16.0. The minimum Gasteiger partial charge on any atom is -0.371 e. The maximum Gasteiger partial charge on any atom is 0.328 e. The van der Waals surface area contributed by atoms with E-state index in [1.165, 1.54) is 19.1 Å². The molecule has 3 aromatic carbocycles. The lowest BCUT2D eigenvalue weighted by Crippen LogP contribution is -2.55. The number of pyridine rings is 1. The maximum absolute atomic E-state index is 16.1. The number of rotatable bonds is 9. The van der Waals surface area contributed by atoms with E-state index in [4.69, 9.17) is 22.4 Å². The number of benzene rings is 3. The molecule has 0 radical (unpaired) electrons. The number of hydrogen-bond acceptors (Lipinski definition) is 10. The van der Waals surface area contributed by atoms with Crippen LogP contribution in [-0.2, 0) is 17.8 Å². The van der Waals surface area contributed by atoms with E-state index in [2.05, 4.69) is 47.8 Å². The van der Waals surface area contributed by atoms with Gasteiger partial charge >= 0.3 is 6.03 Å². The average molecular weight is 846 g/mol. The van der Waals surface area contributed by atoms with Gasteiger partial charge in [0.15, 0.2) is 0 Å². The fourth-order valence-corrected chi connectivity index (χ4v) is 8.75. The molecule has 2 aromatic heterocycles. The van der Waals surface area contributed by atoms with Gasteiger partial charge in [-0.05, 0) is 98.1 Å². The molecule has 3 saturated heterocycles. The first-order valence-electron chi connectivity index (χ1n) is 20.4. The zero-order valence-corrected chi connectivity index (χ0v) is 34.6. The van der Waals surface area contributed by atoms with Crippen molar-refractivity contribution in [2.45, 2.75) is 33.2 Å². The molecule has 5 amide bonds. The van der Waals surface area contributed by atoms with Crippen LogP contribution in [0.3, 0.4) is 0 Å². The summed E-state index contributed by atoms with van der Waals surface area (Å²) in [6.45, 7) is 10.8. The number of primary amides is 1. The topological polar surface area (TPSA) is 174 Å². The van der Waals surface area contributed by atoms with Crippen molar-refractivity contribution < 1.29 is 23.6 Å². The summed E-state index contributed by atoms with van der Waals surface area (Å²) in [5.41, 5.74) is 11.9. The number of carbonyl (C=O) groups is 4. The first-order valence-corrected chi connectivity index (χ1v) is 20.8. The molecule has 0 unspecified atom stereocenters. The van der Waals surface area contributed by atoms with E-state index in [0.29, 0.717) is 48.4 Å². The van der Waals surface area contributed by atoms with Crippen LogP contribution in [-0.4, -0.2) is 95.8 Å². The molecule has 314 valence electrons. The molecule has 0 spiro atoms. The SMILES string of the molecule is Cc1nc(NC(=O)c2ccc(-c3nn4c(c3C(N)=O)Nc3ccc(N5CCN(CC6CN(c7ccc(N8CCC(=O)NC8=O)cc7)C6)CC5)cc3CC4)c(F)c2C)ccc1Cl. The van der Waals surface area contributed by atoms with Crippen molar-refractivity contribution in [3.63, 3.8) is 0 Å². The van der Waals surface area contributed by atoms with Gasteiger partial charge in [0.25, 0.3) is 11.8 Å². The fourth-order valence-electron chi connectivity index (χ4n) is 8.65. The Kier molecular flexibility index (Phi) is 10.6. The molecule has 4 aliphatic rings. The third kappa shape index (κ3) is 7.84. The zero-order valence-electron chi connectivity index (χ0n) is 33.8. The summed E-state index contributed by atoms with van der Waals surface area (Å²) in [5.74, 6) is -0.957.